The van der Waals surface area contributed by atoms with E-state index in [1.807, 2.05) is 33.8 Å². The predicted octanol–water partition coefficient (Wildman–Crippen LogP) is 1.69. The summed E-state index contributed by atoms with van der Waals surface area (Å²) in [5.41, 5.74) is -2.00. The summed E-state index contributed by atoms with van der Waals surface area (Å²) >= 11 is 0. The van der Waals surface area contributed by atoms with Crippen LogP contribution in [-0.2, 0) is 38.1 Å². The van der Waals surface area contributed by atoms with E-state index in [4.69, 9.17) is 23.7 Å². The second kappa shape index (κ2) is 8.06. The average molecular weight is 467 g/mol. The molecule has 8 atom stereocenters. The molecule has 2 saturated heterocycles. The molecule has 2 aliphatic heterocycles. The fourth-order valence-electron chi connectivity index (χ4n) is 6.26. The molecule has 2 aliphatic carbocycles. The van der Waals surface area contributed by atoms with Gasteiger partial charge in [0.1, 0.15) is 36.6 Å². The summed E-state index contributed by atoms with van der Waals surface area (Å²) in [5, 5.41) is 11.2. The van der Waals surface area contributed by atoms with Crippen LogP contribution in [0.25, 0.3) is 0 Å². The first-order valence-corrected chi connectivity index (χ1v) is 11.5. The number of fused-ring (bicyclic) bond motifs is 2. The summed E-state index contributed by atoms with van der Waals surface area (Å²) in [6, 6.07) is 0. The standard InChI is InChI=1S/C24H34O9/c1-12(2)7-18(27)32-16-9-23(10-29-14(4)25)17(8-13(16)3)33-21-19(28)20(31-15(5)26)22(23,6)24(21)11-30-24/h8,12,16-17,19-21,28H,7,9-11H2,1-6H3/t16-,17-,19+,20-,21-,22+,23+,24+/m0/s1. The topological polar surface area (TPSA) is 121 Å². The van der Waals surface area contributed by atoms with Gasteiger partial charge in [-0.1, -0.05) is 26.8 Å². The Bertz CT molecular complexity index is 875. The van der Waals surface area contributed by atoms with Crippen molar-refractivity contribution in [2.24, 2.45) is 16.7 Å². The molecule has 33 heavy (non-hydrogen) atoms. The van der Waals surface area contributed by atoms with Gasteiger partial charge in [-0.15, -0.1) is 0 Å². The van der Waals surface area contributed by atoms with Crippen molar-refractivity contribution < 1.29 is 43.2 Å². The highest BCUT2D eigenvalue weighted by Gasteiger charge is 2.86. The molecule has 2 bridgehead atoms. The fraction of sp³-hybridized carbons (Fsp3) is 0.792. The molecule has 0 radical (unpaired) electrons. The third-order valence-electron chi connectivity index (χ3n) is 8.00. The molecule has 1 saturated carbocycles. The number of hydrogen-bond donors (Lipinski definition) is 1. The quantitative estimate of drug-likeness (QED) is 0.270. The molecule has 4 aliphatic rings. The van der Waals surface area contributed by atoms with Gasteiger partial charge in [0.15, 0.2) is 0 Å². The van der Waals surface area contributed by atoms with E-state index in [0.717, 1.165) is 5.57 Å². The van der Waals surface area contributed by atoms with Crippen molar-refractivity contribution >= 4 is 17.9 Å². The van der Waals surface area contributed by atoms with Crippen molar-refractivity contribution in [1.82, 2.24) is 0 Å². The van der Waals surface area contributed by atoms with Gasteiger partial charge < -0.3 is 28.8 Å². The normalized spacial score (nSPS) is 43.0. The third-order valence-corrected chi connectivity index (χ3v) is 8.00. The van der Waals surface area contributed by atoms with Crippen LogP contribution in [0.5, 0.6) is 0 Å². The monoisotopic (exact) mass is 466 g/mol. The Morgan fingerprint density at radius 2 is 1.88 bits per heavy atom. The first kappa shape index (κ1) is 24.2. The summed E-state index contributed by atoms with van der Waals surface area (Å²) in [4.78, 5) is 36.4. The second-order valence-electron chi connectivity index (χ2n) is 10.5. The van der Waals surface area contributed by atoms with Gasteiger partial charge in [0.25, 0.3) is 0 Å². The van der Waals surface area contributed by atoms with E-state index >= 15 is 0 Å². The molecule has 9 heteroatoms. The van der Waals surface area contributed by atoms with Crippen LogP contribution in [0, 0.1) is 16.7 Å². The molecule has 1 N–H and O–H groups in total. The number of carbonyl (C=O) groups excluding carboxylic acids is 3. The Kier molecular flexibility index (Phi) is 5.90. The van der Waals surface area contributed by atoms with Crippen LogP contribution in [0.1, 0.15) is 54.4 Å². The molecule has 9 nitrogen and oxygen atoms in total. The van der Waals surface area contributed by atoms with E-state index in [1.54, 1.807) is 0 Å². The molecular weight excluding hydrogens is 432 g/mol. The summed E-state index contributed by atoms with van der Waals surface area (Å²) in [6.07, 6.45) is -1.46. The minimum Gasteiger partial charge on any atom is -0.465 e. The zero-order valence-corrected chi connectivity index (χ0v) is 20.1. The van der Waals surface area contributed by atoms with Gasteiger partial charge in [0.05, 0.1) is 23.5 Å². The Balaban J connectivity index is 1.79. The van der Waals surface area contributed by atoms with Crippen molar-refractivity contribution in [3.63, 3.8) is 0 Å². The maximum Gasteiger partial charge on any atom is 0.306 e. The zero-order valence-electron chi connectivity index (χ0n) is 20.1. The summed E-state index contributed by atoms with van der Waals surface area (Å²) in [6.45, 7) is 10.5. The number of epoxide rings is 1. The Hall–Kier alpha value is -1.97. The maximum absolute atomic E-state index is 12.5. The zero-order chi connectivity index (χ0) is 24.3. The van der Waals surface area contributed by atoms with Gasteiger partial charge >= 0.3 is 17.9 Å². The number of carbonyl (C=O) groups is 3. The van der Waals surface area contributed by atoms with E-state index in [1.165, 1.54) is 13.8 Å². The maximum atomic E-state index is 12.5. The van der Waals surface area contributed by atoms with Crippen LogP contribution < -0.4 is 0 Å². The highest BCUT2D eigenvalue weighted by Crippen LogP contribution is 2.72. The largest absolute Gasteiger partial charge is 0.465 e. The molecule has 0 aromatic carbocycles. The molecule has 0 amide bonds. The molecule has 2 heterocycles. The first-order valence-electron chi connectivity index (χ1n) is 11.5. The lowest BCUT2D eigenvalue weighted by atomic mass is 9.51. The van der Waals surface area contributed by atoms with Gasteiger partial charge in [-0.2, -0.15) is 0 Å². The van der Waals surface area contributed by atoms with Gasteiger partial charge in [-0.25, -0.2) is 0 Å². The molecule has 3 fully saturated rings. The Morgan fingerprint density at radius 1 is 1.21 bits per heavy atom. The van der Waals surface area contributed by atoms with E-state index in [-0.39, 0.29) is 31.3 Å². The van der Waals surface area contributed by atoms with Crippen molar-refractivity contribution in [2.45, 2.75) is 90.5 Å². The van der Waals surface area contributed by atoms with Crippen LogP contribution in [0.4, 0.5) is 0 Å². The lowest BCUT2D eigenvalue weighted by Gasteiger charge is -2.58. The van der Waals surface area contributed by atoms with Crippen molar-refractivity contribution in [1.29, 1.82) is 0 Å². The van der Waals surface area contributed by atoms with Crippen molar-refractivity contribution in [3.8, 4) is 0 Å². The smallest absolute Gasteiger partial charge is 0.306 e. The number of esters is 3. The molecular formula is C24H34O9. The van der Waals surface area contributed by atoms with E-state index in [9.17, 15) is 19.5 Å². The number of rotatable bonds is 6. The average Bonchev–Trinajstić information content (AvgIpc) is 3.48. The lowest BCUT2D eigenvalue weighted by molar-refractivity contribution is -0.241. The molecule has 4 rings (SSSR count). The van der Waals surface area contributed by atoms with Gasteiger partial charge in [0.2, 0.25) is 0 Å². The highest BCUT2D eigenvalue weighted by molar-refractivity contribution is 5.70. The van der Waals surface area contributed by atoms with E-state index < -0.39 is 58.9 Å². The van der Waals surface area contributed by atoms with Crippen molar-refractivity contribution in [2.75, 3.05) is 13.2 Å². The highest BCUT2D eigenvalue weighted by atomic mass is 16.7. The first-order chi connectivity index (χ1) is 15.4. The summed E-state index contributed by atoms with van der Waals surface area (Å²) in [5.74, 6) is -1.18. The lowest BCUT2D eigenvalue weighted by Crippen LogP contribution is -2.68. The third kappa shape index (κ3) is 3.51. The predicted molar refractivity (Wildman–Crippen MR) is 114 cm³/mol. The number of aliphatic hydroxyl groups is 1. The number of aliphatic hydroxyl groups excluding tert-OH is 1. The van der Waals surface area contributed by atoms with Gasteiger partial charge in [-0.3, -0.25) is 14.4 Å². The minimum absolute atomic E-state index is 0.0617. The van der Waals surface area contributed by atoms with Crippen LogP contribution >= 0.6 is 0 Å². The molecule has 184 valence electrons. The Morgan fingerprint density at radius 3 is 2.42 bits per heavy atom. The number of hydrogen-bond acceptors (Lipinski definition) is 9. The molecule has 1 spiro atoms. The van der Waals surface area contributed by atoms with E-state index in [2.05, 4.69) is 0 Å². The summed E-state index contributed by atoms with van der Waals surface area (Å²) in [7, 11) is 0. The van der Waals surface area contributed by atoms with Crippen LogP contribution in [0.15, 0.2) is 11.6 Å². The van der Waals surface area contributed by atoms with E-state index in [0.29, 0.717) is 6.61 Å². The molecule has 0 unspecified atom stereocenters. The number of ether oxygens (including phenoxy) is 5. The fourth-order valence-corrected chi connectivity index (χ4v) is 6.26. The van der Waals surface area contributed by atoms with Gasteiger partial charge in [-0.05, 0) is 18.4 Å². The Labute approximate surface area is 193 Å². The summed E-state index contributed by atoms with van der Waals surface area (Å²) < 4.78 is 29.4. The van der Waals surface area contributed by atoms with Crippen molar-refractivity contribution in [3.05, 3.63) is 11.6 Å². The minimum atomic E-state index is -1.11. The van der Waals surface area contributed by atoms with Crippen LogP contribution in [-0.4, -0.2) is 72.3 Å². The van der Waals surface area contributed by atoms with Crippen LogP contribution in [0.2, 0.25) is 0 Å². The second-order valence-corrected chi connectivity index (χ2v) is 10.5. The van der Waals surface area contributed by atoms with Crippen LogP contribution in [0.3, 0.4) is 0 Å². The molecule has 0 aromatic rings. The molecule has 0 aromatic heterocycles. The van der Waals surface area contributed by atoms with Gasteiger partial charge in [0, 0.05) is 26.7 Å². The SMILES string of the molecule is CC(=O)OC[C@]12C[C@H](OC(=O)CC(C)C)C(C)=C[C@@H]1O[C@H]1[C@H](O)[C@H](OC(C)=O)[C@@]2(C)[C@@]12CO2.